The Morgan fingerprint density at radius 2 is 1.53 bits per heavy atom. The molecule has 30 heavy (non-hydrogen) atoms. The highest BCUT2D eigenvalue weighted by Crippen LogP contribution is 2.20. The molecule has 0 atom stereocenters. The molecule has 164 valence electrons. The average Bonchev–Trinajstić information content (AvgIpc) is 2.74. The Kier molecular flexibility index (Phi) is 8.07. The van der Waals surface area contributed by atoms with Crippen molar-refractivity contribution in [1.29, 1.82) is 5.41 Å². The van der Waals surface area contributed by atoms with Crippen molar-refractivity contribution >= 4 is 17.8 Å². The third-order valence-corrected chi connectivity index (χ3v) is 5.87. The molecular formula is C22H33N5O3. The largest absolute Gasteiger partial charge is 0.446 e. The lowest BCUT2D eigenvalue weighted by Crippen LogP contribution is -2.52. The summed E-state index contributed by atoms with van der Waals surface area (Å²) < 4.78 is 5.76. The molecule has 3 rings (SSSR count). The summed E-state index contributed by atoms with van der Waals surface area (Å²) in [7, 11) is 0. The minimum atomic E-state index is -0.199. The Morgan fingerprint density at radius 3 is 2.13 bits per heavy atom. The number of hydrogen-bond acceptors (Lipinski definition) is 5. The monoisotopic (exact) mass is 415 g/mol. The number of nitrogens with two attached hydrogens (primary N) is 1. The zero-order valence-electron chi connectivity index (χ0n) is 17.6. The fourth-order valence-corrected chi connectivity index (χ4v) is 3.93. The van der Waals surface area contributed by atoms with Gasteiger partial charge in [-0.1, -0.05) is 31.4 Å². The molecule has 1 aromatic carbocycles. The molecule has 1 saturated heterocycles. The van der Waals surface area contributed by atoms with Gasteiger partial charge in [-0.25, -0.2) is 4.79 Å². The zero-order chi connectivity index (χ0) is 21.3. The highest BCUT2D eigenvalue weighted by atomic mass is 16.6. The molecule has 2 amide bonds. The lowest BCUT2D eigenvalue weighted by atomic mass is 9.99. The summed E-state index contributed by atoms with van der Waals surface area (Å²) in [6.45, 7) is 3.04. The van der Waals surface area contributed by atoms with Crippen LogP contribution in [-0.4, -0.2) is 66.6 Å². The molecule has 2 aliphatic rings. The quantitative estimate of drug-likeness (QED) is 0.505. The van der Waals surface area contributed by atoms with E-state index in [1.165, 1.54) is 19.3 Å². The van der Waals surface area contributed by atoms with Gasteiger partial charge in [0.1, 0.15) is 11.9 Å². The van der Waals surface area contributed by atoms with E-state index in [0.29, 0.717) is 44.0 Å². The van der Waals surface area contributed by atoms with E-state index in [2.05, 4.69) is 10.2 Å². The van der Waals surface area contributed by atoms with Crippen molar-refractivity contribution in [1.82, 2.24) is 15.1 Å². The standard InChI is InChI=1S/C22H33N5O3/c23-20(24)17-8-10-18(11-9-17)21(28)25-16-26-12-14-27(15-13-26)22(29)30-19-6-4-2-1-3-5-7-19/h8-11,19H,1-7,12-16H2,(H3,23,24)(H,25,28). The minimum Gasteiger partial charge on any atom is -0.446 e. The van der Waals surface area contributed by atoms with Gasteiger partial charge in [0, 0.05) is 37.3 Å². The summed E-state index contributed by atoms with van der Waals surface area (Å²) in [5, 5.41) is 10.3. The van der Waals surface area contributed by atoms with Crippen molar-refractivity contribution < 1.29 is 14.3 Å². The minimum absolute atomic E-state index is 0.0205. The van der Waals surface area contributed by atoms with Crippen LogP contribution in [0.3, 0.4) is 0 Å². The lowest BCUT2D eigenvalue weighted by Gasteiger charge is -2.35. The summed E-state index contributed by atoms with van der Waals surface area (Å²) in [6, 6.07) is 6.65. The first-order valence-corrected chi connectivity index (χ1v) is 10.9. The van der Waals surface area contributed by atoms with Crippen molar-refractivity contribution in [2.45, 2.75) is 51.0 Å². The van der Waals surface area contributed by atoms with Crippen LogP contribution in [0.2, 0.25) is 0 Å². The van der Waals surface area contributed by atoms with Gasteiger partial charge in [-0.05, 0) is 37.8 Å². The fourth-order valence-electron chi connectivity index (χ4n) is 3.93. The van der Waals surface area contributed by atoms with E-state index in [4.69, 9.17) is 15.9 Å². The highest BCUT2D eigenvalue weighted by molar-refractivity contribution is 5.98. The van der Waals surface area contributed by atoms with Crippen LogP contribution in [0.4, 0.5) is 4.79 Å². The third kappa shape index (κ3) is 6.45. The number of hydrogen-bond donors (Lipinski definition) is 3. The van der Waals surface area contributed by atoms with Gasteiger partial charge in [-0.15, -0.1) is 0 Å². The second-order valence-corrected chi connectivity index (χ2v) is 8.11. The molecule has 2 fully saturated rings. The Hall–Kier alpha value is -2.61. The fraction of sp³-hybridized carbons (Fsp3) is 0.591. The number of piperazine rings is 1. The van der Waals surface area contributed by atoms with E-state index in [1.807, 2.05) is 0 Å². The topological polar surface area (TPSA) is 112 Å². The number of ether oxygens (including phenoxy) is 1. The van der Waals surface area contributed by atoms with Gasteiger partial charge in [0.25, 0.3) is 5.91 Å². The molecule has 0 unspecified atom stereocenters. The summed E-state index contributed by atoms with van der Waals surface area (Å²) in [6.07, 6.45) is 7.86. The smallest absolute Gasteiger partial charge is 0.410 e. The van der Waals surface area contributed by atoms with Gasteiger partial charge in [0.05, 0.1) is 6.67 Å². The number of nitrogens with zero attached hydrogens (tertiary/aromatic N) is 2. The van der Waals surface area contributed by atoms with Crippen LogP contribution in [-0.2, 0) is 4.74 Å². The number of carbonyl (C=O) groups excluding carboxylic acids is 2. The van der Waals surface area contributed by atoms with Gasteiger partial charge in [-0.3, -0.25) is 15.1 Å². The molecule has 1 aromatic rings. The summed E-state index contributed by atoms with van der Waals surface area (Å²) >= 11 is 0. The molecule has 1 aliphatic heterocycles. The lowest BCUT2D eigenvalue weighted by molar-refractivity contribution is 0.0355. The van der Waals surface area contributed by atoms with Crippen molar-refractivity contribution in [3.63, 3.8) is 0 Å². The van der Waals surface area contributed by atoms with Crippen molar-refractivity contribution in [3.8, 4) is 0 Å². The van der Waals surface area contributed by atoms with Crippen LogP contribution in [0.25, 0.3) is 0 Å². The maximum atomic E-state index is 12.5. The highest BCUT2D eigenvalue weighted by Gasteiger charge is 2.25. The molecule has 1 saturated carbocycles. The Balaban J connectivity index is 1.38. The SMILES string of the molecule is N=C(N)c1ccc(C(=O)NCN2CCN(C(=O)OC3CCCCCCC3)CC2)cc1. The van der Waals surface area contributed by atoms with Crippen molar-refractivity contribution in [2.24, 2.45) is 5.73 Å². The van der Waals surface area contributed by atoms with Crippen LogP contribution in [0.15, 0.2) is 24.3 Å². The van der Waals surface area contributed by atoms with Gasteiger partial charge in [0.2, 0.25) is 0 Å². The second-order valence-electron chi connectivity index (χ2n) is 8.11. The predicted molar refractivity (Wildman–Crippen MR) is 116 cm³/mol. The molecule has 0 bridgehead atoms. The second kappa shape index (κ2) is 11.0. The zero-order valence-corrected chi connectivity index (χ0v) is 17.6. The van der Waals surface area contributed by atoms with E-state index in [0.717, 1.165) is 25.7 Å². The predicted octanol–water partition coefficient (Wildman–Crippen LogP) is 2.53. The molecule has 4 N–H and O–H groups in total. The first-order valence-electron chi connectivity index (χ1n) is 10.9. The number of rotatable bonds is 5. The van der Waals surface area contributed by atoms with E-state index < -0.39 is 0 Å². The van der Waals surface area contributed by atoms with E-state index in [1.54, 1.807) is 29.2 Å². The molecule has 0 radical (unpaired) electrons. The first-order chi connectivity index (χ1) is 14.5. The van der Waals surface area contributed by atoms with Crippen LogP contribution < -0.4 is 11.1 Å². The Labute approximate surface area is 178 Å². The number of carbonyl (C=O) groups is 2. The molecule has 8 heteroatoms. The first kappa shape index (κ1) is 22.1. The number of amidine groups is 1. The maximum Gasteiger partial charge on any atom is 0.410 e. The van der Waals surface area contributed by atoms with Crippen molar-refractivity contribution in [2.75, 3.05) is 32.8 Å². The number of nitrogens with one attached hydrogen (secondary N) is 2. The summed E-state index contributed by atoms with van der Waals surface area (Å²) in [5.41, 5.74) is 6.55. The number of nitrogen functional groups attached to an aromatic ring is 1. The summed E-state index contributed by atoms with van der Waals surface area (Å²) in [5.74, 6) is -0.191. The molecule has 0 aromatic heterocycles. The van der Waals surface area contributed by atoms with Crippen LogP contribution in [0.5, 0.6) is 0 Å². The average molecular weight is 416 g/mol. The molecule has 1 aliphatic carbocycles. The van der Waals surface area contributed by atoms with Gasteiger partial charge >= 0.3 is 6.09 Å². The molecule has 8 nitrogen and oxygen atoms in total. The normalized spacial score (nSPS) is 18.9. The Bertz CT molecular complexity index is 721. The van der Waals surface area contributed by atoms with E-state index >= 15 is 0 Å². The Morgan fingerprint density at radius 1 is 0.967 bits per heavy atom. The van der Waals surface area contributed by atoms with Crippen LogP contribution >= 0.6 is 0 Å². The van der Waals surface area contributed by atoms with Crippen molar-refractivity contribution in [3.05, 3.63) is 35.4 Å². The number of benzene rings is 1. The van der Waals surface area contributed by atoms with Gasteiger partial charge in [-0.2, -0.15) is 0 Å². The maximum absolute atomic E-state index is 12.5. The molecule has 1 heterocycles. The van der Waals surface area contributed by atoms with E-state index in [-0.39, 0.29) is 23.9 Å². The molecule has 0 spiro atoms. The third-order valence-electron chi connectivity index (χ3n) is 5.87. The van der Waals surface area contributed by atoms with Gasteiger partial charge < -0.3 is 20.7 Å². The van der Waals surface area contributed by atoms with Crippen LogP contribution in [0, 0.1) is 5.41 Å². The van der Waals surface area contributed by atoms with Gasteiger partial charge in [0.15, 0.2) is 0 Å². The summed E-state index contributed by atoms with van der Waals surface area (Å²) in [4.78, 5) is 28.7. The van der Waals surface area contributed by atoms with Crippen LogP contribution in [0.1, 0.15) is 60.9 Å². The van der Waals surface area contributed by atoms with E-state index in [9.17, 15) is 9.59 Å². The molecular weight excluding hydrogens is 382 g/mol. The number of amides is 2.